The Labute approximate surface area is 249 Å². The molecular formula is C30H28F4N6O2S. The van der Waals surface area contributed by atoms with E-state index in [-0.39, 0.29) is 17.8 Å². The number of nitrogens with zero attached hydrogens (tertiary/aromatic N) is 4. The van der Waals surface area contributed by atoms with Crippen molar-refractivity contribution in [2.24, 2.45) is 0 Å². The summed E-state index contributed by atoms with van der Waals surface area (Å²) in [5, 5.41) is 11.9. The van der Waals surface area contributed by atoms with Crippen molar-refractivity contribution in [2.45, 2.75) is 38.8 Å². The molecule has 0 fully saturated rings. The van der Waals surface area contributed by atoms with Crippen LogP contribution in [-0.4, -0.2) is 39.2 Å². The van der Waals surface area contributed by atoms with Crippen LogP contribution in [0.2, 0.25) is 0 Å². The van der Waals surface area contributed by atoms with Gasteiger partial charge in [0, 0.05) is 16.9 Å². The Morgan fingerprint density at radius 1 is 1.02 bits per heavy atom. The lowest BCUT2D eigenvalue weighted by Crippen LogP contribution is -2.48. The first-order chi connectivity index (χ1) is 20.5. The van der Waals surface area contributed by atoms with E-state index in [0.717, 1.165) is 22.5 Å². The normalized spacial score (nSPS) is 15.7. The van der Waals surface area contributed by atoms with E-state index >= 15 is 4.39 Å². The van der Waals surface area contributed by atoms with Gasteiger partial charge in [0.15, 0.2) is 11.3 Å². The number of aromatic nitrogens is 3. The molecule has 0 bridgehead atoms. The van der Waals surface area contributed by atoms with Gasteiger partial charge in [0.25, 0.3) is 0 Å². The number of anilines is 1. The molecule has 224 valence electrons. The number of aryl methyl sites for hydroxylation is 2. The highest BCUT2D eigenvalue weighted by Crippen LogP contribution is 2.37. The summed E-state index contributed by atoms with van der Waals surface area (Å²) in [7, 11) is 0. The topological polar surface area (TPSA) is 84.3 Å². The molecule has 8 nitrogen and oxygen atoms in total. The van der Waals surface area contributed by atoms with Gasteiger partial charge < -0.3 is 20.3 Å². The monoisotopic (exact) mass is 612 g/mol. The van der Waals surface area contributed by atoms with Gasteiger partial charge in [-0.2, -0.15) is 0 Å². The largest absolute Gasteiger partial charge is 0.573 e. The Morgan fingerprint density at radius 2 is 1.70 bits per heavy atom. The van der Waals surface area contributed by atoms with Crippen molar-refractivity contribution in [1.82, 2.24) is 25.4 Å². The Bertz CT molecular complexity index is 1600. The Balaban J connectivity index is 1.16. The number of amides is 2. The van der Waals surface area contributed by atoms with E-state index < -0.39 is 18.6 Å². The van der Waals surface area contributed by atoms with Crippen molar-refractivity contribution in [1.29, 1.82) is 0 Å². The Kier molecular flexibility index (Phi) is 8.62. The molecule has 13 heteroatoms. The zero-order valence-corrected chi connectivity index (χ0v) is 24.2. The first-order valence-corrected chi connectivity index (χ1v) is 14.2. The van der Waals surface area contributed by atoms with Crippen LogP contribution in [0.15, 0.2) is 84.2 Å². The molecular weight excluding hydrogens is 584 g/mol. The molecule has 1 aliphatic heterocycles. The summed E-state index contributed by atoms with van der Waals surface area (Å²) in [5.74, 6) is 0.00488. The summed E-state index contributed by atoms with van der Waals surface area (Å²) < 4.78 is 57.5. The molecule has 1 aliphatic rings. The van der Waals surface area contributed by atoms with Gasteiger partial charge in [-0.05, 0) is 67.1 Å². The van der Waals surface area contributed by atoms with Crippen molar-refractivity contribution in [3.63, 3.8) is 0 Å². The second-order valence-corrected chi connectivity index (χ2v) is 10.8. The van der Waals surface area contributed by atoms with Crippen LogP contribution < -0.4 is 20.3 Å². The fourth-order valence-electron chi connectivity index (χ4n) is 4.67. The minimum Gasteiger partial charge on any atom is -0.406 e. The van der Waals surface area contributed by atoms with E-state index in [2.05, 4.69) is 30.4 Å². The second kappa shape index (κ2) is 12.4. The minimum absolute atomic E-state index is 0.223. The molecule has 2 N–H and O–H groups in total. The van der Waals surface area contributed by atoms with Gasteiger partial charge in [0.2, 0.25) is 0 Å². The zero-order chi connectivity index (χ0) is 30.7. The predicted molar refractivity (Wildman–Crippen MR) is 157 cm³/mol. The molecule has 43 heavy (non-hydrogen) atoms. The molecule has 0 spiro atoms. The number of carbonyl (C=O) groups is 1. The third-order valence-electron chi connectivity index (χ3n) is 6.72. The van der Waals surface area contributed by atoms with Crippen molar-refractivity contribution in [2.75, 3.05) is 11.4 Å². The quantitative estimate of drug-likeness (QED) is 0.206. The molecule has 2 unspecified atom stereocenters. The highest BCUT2D eigenvalue weighted by atomic mass is 32.2. The highest BCUT2D eigenvalue weighted by Gasteiger charge is 2.31. The average molecular weight is 613 g/mol. The number of hydrogen-bond acceptors (Lipinski definition) is 6. The maximum absolute atomic E-state index is 15.0. The van der Waals surface area contributed by atoms with E-state index in [1.807, 2.05) is 44.4 Å². The summed E-state index contributed by atoms with van der Waals surface area (Å²) in [5.41, 5.74) is 5.31. The van der Waals surface area contributed by atoms with Gasteiger partial charge >= 0.3 is 12.4 Å². The van der Waals surface area contributed by atoms with Crippen LogP contribution in [0, 0.1) is 13.8 Å². The molecule has 1 aromatic heterocycles. The number of urea groups is 1. The number of alkyl halides is 4. The van der Waals surface area contributed by atoms with Gasteiger partial charge in [-0.25, -0.2) is 18.9 Å². The van der Waals surface area contributed by atoms with Crippen LogP contribution in [0.5, 0.6) is 5.75 Å². The van der Waals surface area contributed by atoms with E-state index in [9.17, 15) is 18.0 Å². The van der Waals surface area contributed by atoms with Crippen LogP contribution in [0.3, 0.4) is 0 Å². The fraction of sp³-hybridized carbons (Fsp3) is 0.233. The number of benzene rings is 3. The summed E-state index contributed by atoms with van der Waals surface area (Å²) in [6.07, 6.45) is -4.80. The number of rotatable bonds is 8. The van der Waals surface area contributed by atoms with E-state index in [1.165, 1.54) is 47.0 Å². The summed E-state index contributed by atoms with van der Waals surface area (Å²) in [6, 6.07) is 17.3. The molecule has 4 aromatic rings. The fourth-order valence-corrected chi connectivity index (χ4v) is 5.68. The molecule has 2 atom stereocenters. The van der Waals surface area contributed by atoms with Crippen molar-refractivity contribution in [3.05, 3.63) is 101 Å². The number of ether oxygens (including phenoxy) is 1. The lowest BCUT2D eigenvalue weighted by Gasteiger charge is -2.31. The zero-order valence-electron chi connectivity index (χ0n) is 23.4. The van der Waals surface area contributed by atoms with Gasteiger partial charge in [-0.1, -0.05) is 54.2 Å². The third-order valence-corrected chi connectivity index (χ3v) is 7.78. The Hall–Kier alpha value is -4.52. The van der Waals surface area contributed by atoms with Crippen LogP contribution >= 0.6 is 11.8 Å². The number of allylic oxidation sites excluding steroid dienone is 1. The number of hydrogen-bond donors (Lipinski definition) is 2. The maximum atomic E-state index is 15.0. The van der Waals surface area contributed by atoms with Gasteiger partial charge in [0.05, 0.1) is 12.2 Å². The second-order valence-electron chi connectivity index (χ2n) is 9.86. The highest BCUT2D eigenvalue weighted by molar-refractivity contribution is 8.03. The number of para-hydroxylation sites is 1. The van der Waals surface area contributed by atoms with Crippen molar-refractivity contribution in [3.8, 4) is 22.8 Å². The summed E-state index contributed by atoms with van der Waals surface area (Å²) in [6.45, 7) is 5.80. The van der Waals surface area contributed by atoms with E-state index in [4.69, 9.17) is 0 Å². The van der Waals surface area contributed by atoms with Crippen LogP contribution in [0.4, 0.5) is 28.0 Å². The average Bonchev–Trinajstić information content (AvgIpc) is 3.59. The lowest BCUT2D eigenvalue weighted by atomic mass is 10.1. The third kappa shape index (κ3) is 7.11. The number of thioether (sulfide) groups is 1. The molecule has 0 aliphatic carbocycles. The number of carbonyl (C=O) groups excluding carboxylic acids is 1. The predicted octanol–water partition coefficient (Wildman–Crippen LogP) is 7.16. The lowest BCUT2D eigenvalue weighted by molar-refractivity contribution is -0.274. The summed E-state index contributed by atoms with van der Waals surface area (Å²) in [4.78, 5) is 19.0. The van der Waals surface area contributed by atoms with Gasteiger partial charge in [-0.3, -0.25) is 0 Å². The molecule has 5 rings (SSSR count). The summed E-state index contributed by atoms with van der Waals surface area (Å²) >= 11 is 1.47. The van der Waals surface area contributed by atoms with Gasteiger partial charge in [0.1, 0.15) is 18.2 Å². The Morgan fingerprint density at radius 3 is 2.35 bits per heavy atom. The van der Waals surface area contributed by atoms with E-state index in [1.54, 1.807) is 24.3 Å². The van der Waals surface area contributed by atoms with Gasteiger partial charge in [-0.15, -0.1) is 18.3 Å². The van der Waals surface area contributed by atoms with Crippen molar-refractivity contribution >= 4 is 23.5 Å². The van der Waals surface area contributed by atoms with E-state index in [0.29, 0.717) is 22.6 Å². The number of nitrogens with one attached hydrogen (secondary N) is 2. The maximum Gasteiger partial charge on any atom is 0.573 e. The molecule has 0 saturated carbocycles. The SMILES string of the molecule is CC1=CSC(NC(=O)NCC(F)c2ccc(-c3ncn(-c4ccc(OC(F)(F)F)cc4)n3)cc2)N1c1c(C)cccc1C. The van der Waals surface area contributed by atoms with Crippen LogP contribution in [-0.2, 0) is 0 Å². The van der Waals surface area contributed by atoms with Crippen molar-refractivity contribution < 1.29 is 27.1 Å². The van der Waals surface area contributed by atoms with Crippen LogP contribution in [0.25, 0.3) is 17.1 Å². The number of halogens is 4. The first-order valence-electron chi connectivity index (χ1n) is 13.2. The van der Waals surface area contributed by atoms with Crippen LogP contribution in [0.1, 0.15) is 29.8 Å². The molecule has 0 saturated heterocycles. The molecule has 0 radical (unpaired) electrons. The molecule has 2 heterocycles. The standard InChI is InChI=1S/C30H28F4N6O2S/c1-18-5-4-6-19(2)26(18)40-20(3)16-43-29(40)37-28(41)35-15-25(31)21-7-9-22(10-8-21)27-36-17-39(38-27)23-11-13-24(14-12-23)42-30(32,33)34/h4-14,16-17,25,29H,15H2,1-3H3,(H2,35,37,41). The first kappa shape index (κ1) is 30.0. The minimum atomic E-state index is -4.77. The smallest absolute Gasteiger partial charge is 0.406 e. The molecule has 2 amide bonds. The molecule has 3 aromatic carbocycles.